The van der Waals surface area contributed by atoms with Crippen LogP contribution in [0.15, 0.2) is 40.9 Å². The molecule has 3 aromatic rings. The third kappa shape index (κ3) is 4.31. The number of rotatable bonds is 5. The first-order valence-corrected chi connectivity index (χ1v) is 8.96. The maximum Gasteiger partial charge on any atom is 0.446 e. The molecule has 2 aromatic heterocycles. The average molecular weight is 390 g/mol. The molecule has 126 valence electrons. The molecule has 24 heavy (non-hydrogen) atoms. The van der Waals surface area contributed by atoms with Gasteiger partial charge in [0.1, 0.15) is 17.0 Å². The summed E-state index contributed by atoms with van der Waals surface area (Å²) in [6.07, 6.45) is 2.13. The molecule has 3 rings (SSSR count). The van der Waals surface area contributed by atoms with Gasteiger partial charge in [0, 0.05) is 16.8 Å². The molecular formula is C15H11ClF3N3S2. The van der Waals surface area contributed by atoms with Gasteiger partial charge in [0.05, 0.1) is 10.4 Å². The topological polar surface area (TPSA) is 37.8 Å². The molecule has 2 heterocycles. The van der Waals surface area contributed by atoms with Gasteiger partial charge in [0.25, 0.3) is 0 Å². The second-order valence-corrected chi connectivity index (χ2v) is 7.26. The molecular weight excluding hydrogens is 379 g/mol. The van der Waals surface area contributed by atoms with Gasteiger partial charge in [0.2, 0.25) is 0 Å². The number of hydrogen-bond donors (Lipinski definition) is 1. The van der Waals surface area contributed by atoms with Crippen LogP contribution in [0.5, 0.6) is 0 Å². The normalized spacial score (nSPS) is 11.8. The van der Waals surface area contributed by atoms with E-state index in [2.05, 4.69) is 15.3 Å². The van der Waals surface area contributed by atoms with Gasteiger partial charge in [-0.25, -0.2) is 9.97 Å². The van der Waals surface area contributed by atoms with Gasteiger partial charge in [-0.05, 0) is 35.9 Å². The molecule has 0 bridgehead atoms. The molecule has 3 nitrogen and oxygen atoms in total. The Bertz CT molecular complexity index is 834. The van der Waals surface area contributed by atoms with Crippen LogP contribution < -0.4 is 5.32 Å². The highest BCUT2D eigenvalue weighted by atomic mass is 35.5. The quantitative estimate of drug-likeness (QED) is 0.575. The maximum absolute atomic E-state index is 12.3. The third-order valence-corrected chi connectivity index (χ3v) is 5.24. The number of benzene rings is 1. The van der Waals surface area contributed by atoms with Gasteiger partial charge in [-0.1, -0.05) is 23.7 Å². The summed E-state index contributed by atoms with van der Waals surface area (Å²) in [5, 5.41) is 6.41. The van der Waals surface area contributed by atoms with Crippen LogP contribution in [0.2, 0.25) is 5.02 Å². The van der Waals surface area contributed by atoms with Crippen molar-refractivity contribution in [2.75, 3.05) is 11.9 Å². The van der Waals surface area contributed by atoms with E-state index in [1.54, 1.807) is 12.1 Å². The predicted octanol–water partition coefficient (Wildman–Crippen LogP) is 5.61. The standard InChI is InChI=1S/C15H11ClF3N3S2/c16-11-7-23-14-12(11)13(21-8-22-14)20-6-5-9-1-3-10(4-2-9)24-15(17,18)19/h1-4,7-8H,5-6H2,(H,20,21,22). The molecule has 0 aliphatic carbocycles. The number of nitrogens with one attached hydrogen (secondary N) is 1. The molecule has 0 saturated heterocycles. The SMILES string of the molecule is FC(F)(F)Sc1ccc(CCNc2ncnc3scc(Cl)c23)cc1. The second-order valence-electron chi connectivity index (χ2n) is 4.85. The lowest BCUT2D eigenvalue weighted by Crippen LogP contribution is -2.07. The summed E-state index contributed by atoms with van der Waals surface area (Å²) < 4.78 is 36.9. The summed E-state index contributed by atoms with van der Waals surface area (Å²) >= 11 is 7.47. The van der Waals surface area contributed by atoms with E-state index in [1.165, 1.54) is 29.8 Å². The van der Waals surface area contributed by atoms with Gasteiger partial charge in [0.15, 0.2) is 0 Å². The first-order valence-electron chi connectivity index (χ1n) is 6.88. The number of aromatic nitrogens is 2. The van der Waals surface area contributed by atoms with Crippen LogP contribution >= 0.6 is 34.7 Å². The predicted molar refractivity (Wildman–Crippen MR) is 93.0 cm³/mol. The lowest BCUT2D eigenvalue weighted by molar-refractivity contribution is -0.0328. The number of halogens is 4. The zero-order chi connectivity index (χ0) is 17.2. The van der Waals surface area contributed by atoms with Crippen LogP contribution in [0, 0.1) is 0 Å². The highest BCUT2D eigenvalue weighted by molar-refractivity contribution is 8.00. The van der Waals surface area contributed by atoms with Crippen molar-refractivity contribution in [2.45, 2.75) is 16.8 Å². The Morgan fingerprint density at radius 3 is 2.62 bits per heavy atom. The average Bonchev–Trinajstić information content (AvgIpc) is 2.90. The van der Waals surface area contributed by atoms with E-state index in [9.17, 15) is 13.2 Å². The zero-order valence-electron chi connectivity index (χ0n) is 12.1. The van der Waals surface area contributed by atoms with E-state index in [1.807, 2.05) is 5.38 Å². The van der Waals surface area contributed by atoms with Crippen molar-refractivity contribution in [1.82, 2.24) is 9.97 Å². The van der Waals surface area contributed by atoms with Crippen LogP contribution in [0.1, 0.15) is 5.56 Å². The number of anilines is 1. The lowest BCUT2D eigenvalue weighted by Gasteiger charge is -2.08. The Morgan fingerprint density at radius 2 is 1.92 bits per heavy atom. The molecule has 0 saturated carbocycles. The summed E-state index contributed by atoms with van der Waals surface area (Å²) in [5.74, 6) is 0.662. The van der Waals surface area contributed by atoms with Crippen molar-refractivity contribution in [3.63, 3.8) is 0 Å². The van der Waals surface area contributed by atoms with Crippen molar-refractivity contribution in [3.05, 3.63) is 46.6 Å². The summed E-state index contributed by atoms with van der Waals surface area (Å²) in [4.78, 5) is 9.35. The molecule has 0 amide bonds. The van der Waals surface area contributed by atoms with Crippen molar-refractivity contribution in [3.8, 4) is 0 Å². The Hall–Kier alpha value is -1.51. The Morgan fingerprint density at radius 1 is 1.17 bits per heavy atom. The minimum atomic E-state index is -4.26. The van der Waals surface area contributed by atoms with Crippen LogP contribution in [0.3, 0.4) is 0 Å². The molecule has 1 N–H and O–H groups in total. The van der Waals surface area contributed by atoms with E-state index in [0.717, 1.165) is 15.8 Å². The van der Waals surface area contributed by atoms with Gasteiger partial charge >= 0.3 is 5.51 Å². The van der Waals surface area contributed by atoms with Crippen molar-refractivity contribution in [2.24, 2.45) is 0 Å². The van der Waals surface area contributed by atoms with Crippen molar-refractivity contribution < 1.29 is 13.2 Å². The Balaban J connectivity index is 1.61. The fraction of sp³-hybridized carbons (Fsp3) is 0.200. The first kappa shape index (κ1) is 17.3. The number of fused-ring (bicyclic) bond motifs is 1. The minimum absolute atomic E-state index is 0.112. The fourth-order valence-electron chi connectivity index (χ4n) is 2.16. The number of thiophene rings is 1. The van der Waals surface area contributed by atoms with Crippen molar-refractivity contribution >= 4 is 50.7 Å². The smallest absolute Gasteiger partial charge is 0.369 e. The third-order valence-electron chi connectivity index (χ3n) is 3.19. The van der Waals surface area contributed by atoms with Gasteiger partial charge in [-0.15, -0.1) is 11.3 Å². The maximum atomic E-state index is 12.3. The monoisotopic (exact) mass is 389 g/mol. The van der Waals surface area contributed by atoms with E-state index in [-0.39, 0.29) is 16.7 Å². The molecule has 1 aromatic carbocycles. The highest BCUT2D eigenvalue weighted by Crippen LogP contribution is 2.36. The van der Waals surface area contributed by atoms with Crippen LogP contribution in [-0.4, -0.2) is 22.0 Å². The Kier molecular flexibility index (Phi) is 5.17. The summed E-state index contributed by atoms with van der Waals surface area (Å²) in [7, 11) is 0. The second kappa shape index (κ2) is 7.16. The van der Waals surface area contributed by atoms with Crippen LogP contribution in [0.25, 0.3) is 10.2 Å². The largest absolute Gasteiger partial charge is 0.446 e. The van der Waals surface area contributed by atoms with E-state index in [0.29, 0.717) is 23.8 Å². The molecule has 0 aliphatic rings. The first-order chi connectivity index (χ1) is 11.4. The van der Waals surface area contributed by atoms with Crippen LogP contribution in [0.4, 0.5) is 19.0 Å². The lowest BCUT2D eigenvalue weighted by atomic mass is 10.1. The Labute approximate surface area is 149 Å². The number of nitrogens with zero attached hydrogens (tertiary/aromatic N) is 2. The fourth-order valence-corrected chi connectivity index (χ4v) is 3.83. The molecule has 0 aliphatic heterocycles. The van der Waals surface area contributed by atoms with E-state index < -0.39 is 5.51 Å². The number of thioether (sulfide) groups is 1. The minimum Gasteiger partial charge on any atom is -0.369 e. The summed E-state index contributed by atoms with van der Waals surface area (Å²) in [6.45, 7) is 0.587. The summed E-state index contributed by atoms with van der Waals surface area (Å²) in [5.41, 5.74) is -3.32. The molecule has 0 radical (unpaired) electrons. The van der Waals surface area contributed by atoms with Gasteiger partial charge < -0.3 is 5.32 Å². The van der Waals surface area contributed by atoms with E-state index >= 15 is 0 Å². The molecule has 9 heteroatoms. The molecule has 0 unspecified atom stereocenters. The van der Waals surface area contributed by atoms with E-state index in [4.69, 9.17) is 11.6 Å². The number of alkyl halides is 3. The van der Waals surface area contributed by atoms with Gasteiger partial charge in [-0.2, -0.15) is 13.2 Å². The van der Waals surface area contributed by atoms with Gasteiger partial charge in [-0.3, -0.25) is 0 Å². The molecule has 0 fully saturated rings. The zero-order valence-corrected chi connectivity index (χ0v) is 14.5. The highest BCUT2D eigenvalue weighted by Gasteiger charge is 2.28. The molecule has 0 atom stereocenters. The number of hydrogen-bond acceptors (Lipinski definition) is 5. The van der Waals surface area contributed by atoms with Crippen molar-refractivity contribution in [1.29, 1.82) is 0 Å². The van der Waals surface area contributed by atoms with Crippen LogP contribution in [-0.2, 0) is 6.42 Å². The molecule has 0 spiro atoms. The summed E-state index contributed by atoms with van der Waals surface area (Å²) in [6, 6.07) is 6.35.